The van der Waals surface area contributed by atoms with Crippen molar-refractivity contribution in [1.82, 2.24) is 69.1 Å². The minimum atomic E-state index is -3.70. The van der Waals surface area contributed by atoms with E-state index in [1.807, 2.05) is 122 Å². The van der Waals surface area contributed by atoms with Crippen LogP contribution in [0.5, 0.6) is 0 Å². The quantitative estimate of drug-likeness (QED) is 0.00233. The fraction of sp³-hybridized carbons (Fsp3) is 0.667. The number of aromatic nitrogens is 13. The summed E-state index contributed by atoms with van der Waals surface area (Å²) in [5.74, 6) is 0.870. The molecule has 0 bridgehead atoms. The molecule has 5 aromatic heterocycles. The maximum absolute atomic E-state index is 12.1. The SMILES string of the molecule is C#C[C@H](CSC)CC(=O)OC(C)(C)C.CON(C)C(=O)[C@H](CSC)CC(=O)OC(C)(C)C.COP(=O)(OC)C(=[N+]=[N-])C(C)=O.CSC[C@@H](C=O)CC(=O)OC(C)(C)C.CSC[C@H](CC(=O)OC(C)(C)C)C(=O)O.CSC[C@H](CC(=O)OC(C)(C)C)c1cn(C2(C(N)=O)CC2)nn1.CSC[C@H](N)c1cn(C2(C#N)CC2)nn1.Cl.Clc1nc(Cl)nc(Cl)n1.O=C(n1ccnc1)n1ccnc1.[2H]CI.[N-]=[N+]=NC1(C(N)=O)CC1. The van der Waals surface area contributed by atoms with Gasteiger partial charge in [-0.05, 0) is 225 Å². The number of azide groups is 1. The standard InChI is InChI=1S/C15H24N4O3S.C12H23NO4S.C11H18O2S.C10H18O4S.C10H18O3S.C9H13N5S.C7H6N4O.C5H9N2O4P.C4H6N4O.C3Cl3N3.CH3I.ClH/c1-14(2,3)22-12(20)7-10(9-23-4)11-8-19(18-17-11)15(5-6-15)13(16)21;1-12(2,3)17-10(14)7-9(8-18-6)11(15)13(4)16-5;1-6-9(8-14-5)7-10(12)13-11(2,3)4;1-10(2,3)14-8(11)5-7(6-15-4)9(12)13;1-10(2,3)13-9(12)5-8(6-11)7-14-4;1-15-5-7(11)8-4-14(13-12-8)9(6-10)2-3-9;12-7(10-3-1-8-5-10)11-4-2-9-6-11;1-4(8)5(7-6)12(9,10-2)11-3;5-3(9)4(1-2-4)7-8-6;4-1-7-2(5)9-3(6)8-1;1-2;/h8,10H,5-7,9H2,1-4H3,(H2,16,21);9H,7-8H2,1-6H3;1,9H,7-8H2,2-5H3;7H,5-6H2,1-4H3,(H,12,13);6,8H,5,7H2,1-4H3;4,7H,2-3,5,11H2,1H3;1-6H;1-3H3;1-2H2,(H2,5,9);;1H3;1H/t10-;2*9-;7-;8-;7-;;;;;;/m000010....../s1/i;;;;;;;;;;1D;. The first-order valence-corrected chi connectivity index (χ1v) is 55.6. The highest BCUT2D eigenvalue weighted by Gasteiger charge is 2.52. The van der Waals surface area contributed by atoms with E-state index in [0.717, 1.165) is 68.3 Å². The summed E-state index contributed by atoms with van der Waals surface area (Å²) in [5.41, 5.74) is 28.9. The summed E-state index contributed by atoms with van der Waals surface area (Å²) in [5, 5.41) is 38.4. The summed E-state index contributed by atoms with van der Waals surface area (Å²) in [4.78, 5) is 164. The van der Waals surface area contributed by atoms with Crippen molar-refractivity contribution >= 4 is 225 Å². The van der Waals surface area contributed by atoms with Gasteiger partial charge in [0.2, 0.25) is 39.4 Å². The first kappa shape index (κ1) is 140. The molecule has 3 aliphatic carbocycles. The van der Waals surface area contributed by atoms with Gasteiger partial charge in [0.15, 0.2) is 5.54 Å². The number of terminal acetylenes is 1. The number of hydroxylamine groups is 2. The fourth-order valence-electron chi connectivity index (χ4n) is 10.5. The Morgan fingerprint density at radius 1 is 0.625 bits per heavy atom. The first-order valence-electron chi connectivity index (χ1n) is 43.8. The van der Waals surface area contributed by atoms with E-state index >= 15 is 0 Å². The van der Waals surface area contributed by atoms with Crippen molar-refractivity contribution in [2.45, 2.75) is 238 Å². The summed E-state index contributed by atoms with van der Waals surface area (Å²) in [6.07, 6.45) is 35.4. The van der Waals surface area contributed by atoms with Gasteiger partial charge in [-0.2, -0.15) is 95.6 Å². The second kappa shape index (κ2) is 71.4. The molecule has 0 radical (unpaired) electrons. The lowest BCUT2D eigenvalue weighted by molar-refractivity contribution is -0.175. The molecule has 57 heteroatoms. The number of halogens is 5. The van der Waals surface area contributed by atoms with Gasteiger partial charge in [-0.15, -0.1) is 34.9 Å². The molecule has 0 unspecified atom stereocenters. The van der Waals surface area contributed by atoms with E-state index < -0.39 is 93.1 Å². The van der Waals surface area contributed by atoms with E-state index in [2.05, 4.69) is 81.4 Å². The average molecular weight is 2350 g/mol. The highest BCUT2D eigenvalue weighted by molar-refractivity contribution is 14.1. The zero-order valence-corrected chi connectivity index (χ0v) is 97.0. The lowest BCUT2D eigenvalue weighted by Crippen LogP contribution is -2.36. The van der Waals surface area contributed by atoms with Crippen LogP contribution in [0.2, 0.25) is 15.9 Å². The molecule has 5 heterocycles. The number of Topliss-reactive ketones (excluding diaryl/α,β-unsaturated/α-hetero) is 1. The molecule has 0 aromatic carbocycles. The van der Waals surface area contributed by atoms with Gasteiger partial charge in [0.1, 0.15) is 63.7 Å². The van der Waals surface area contributed by atoms with Crippen LogP contribution in [-0.4, -0.2) is 295 Å². The molecule has 45 nitrogen and oxygen atoms in total. The number of hydrogen-bond donors (Lipinski definition) is 4. The molecule has 0 spiro atoms. The third kappa shape index (κ3) is 60.9. The fourth-order valence-corrected chi connectivity index (χ4v) is 15.8. The second-order valence-electron chi connectivity index (χ2n) is 35.5. The van der Waals surface area contributed by atoms with Gasteiger partial charge in [-0.1, -0.05) is 38.1 Å². The summed E-state index contributed by atoms with van der Waals surface area (Å²) in [7, 11) is 1.44. The number of ketones is 1. The number of ether oxygens (including phenoxy) is 5. The smallest absolute Gasteiger partial charge is 0.446 e. The zero-order valence-electron chi connectivity index (χ0n) is 87.0. The number of amides is 3. The molecule has 144 heavy (non-hydrogen) atoms. The molecule has 3 saturated carbocycles. The summed E-state index contributed by atoms with van der Waals surface area (Å²) < 4.78 is 58.3. The van der Waals surface area contributed by atoms with Crippen LogP contribution < -0.4 is 17.2 Å². The molecule has 3 fully saturated rings. The Kier molecular flexibility index (Phi) is 69.3. The maximum atomic E-state index is 12.1. The number of aliphatic carboxylic acids is 1. The van der Waals surface area contributed by atoms with E-state index in [-0.39, 0.29) is 119 Å². The number of nitrogens with two attached hydrogens (primary N) is 3. The zero-order chi connectivity index (χ0) is 112. The highest BCUT2D eigenvalue weighted by atomic mass is 127. The lowest BCUT2D eigenvalue weighted by Gasteiger charge is -2.23. The van der Waals surface area contributed by atoms with Crippen molar-refractivity contribution < 1.29 is 111 Å². The molecule has 0 saturated heterocycles. The number of carbonyl (C=O) groups excluding carboxylic acids is 11. The monoisotopic (exact) mass is 2350 g/mol. The van der Waals surface area contributed by atoms with Crippen LogP contribution >= 0.6 is 148 Å². The normalized spacial score (nSPS) is 14.1. The Balaban J connectivity index is -0.000000766. The second-order valence-corrected chi connectivity index (χ2v) is 44.1. The number of carboxylic acids is 1. The molecular formula is C87H139Cl4IN23O22PS6. The van der Waals surface area contributed by atoms with Crippen LogP contribution in [0.1, 0.15) is 206 Å². The van der Waals surface area contributed by atoms with Crippen molar-refractivity contribution in [1.29, 1.82) is 5.26 Å². The number of aldehydes is 1. The number of rotatable bonds is 37. The molecule has 3 amide bonds. The van der Waals surface area contributed by atoms with Gasteiger partial charge in [0, 0.05) is 112 Å². The van der Waals surface area contributed by atoms with E-state index in [0.29, 0.717) is 60.0 Å². The van der Waals surface area contributed by atoms with E-state index in [1.165, 1.54) is 59.5 Å². The van der Waals surface area contributed by atoms with Crippen molar-refractivity contribution in [2.24, 2.45) is 46.0 Å². The molecular weight excluding hydrogens is 2210 g/mol. The van der Waals surface area contributed by atoms with Gasteiger partial charge < -0.3 is 65.4 Å². The largest absolute Gasteiger partial charge is 0.481 e. The van der Waals surface area contributed by atoms with E-state index in [1.54, 1.807) is 135 Å². The Labute approximate surface area is 904 Å². The predicted molar refractivity (Wildman–Crippen MR) is 572 cm³/mol. The van der Waals surface area contributed by atoms with Crippen LogP contribution in [0.15, 0.2) is 54.9 Å². The number of carbonyl (C=O) groups is 12. The van der Waals surface area contributed by atoms with Crippen molar-refractivity contribution in [3.8, 4) is 18.4 Å². The van der Waals surface area contributed by atoms with Crippen LogP contribution in [0.25, 0.3) is 16.0 Å². The molecule has 0 aliphatic heterocycles. The Hall–Kier alpha value is -8.25. The van der Waals surface area contributed by atoms with Crippen molar-refractivity contribution in [2.75, 3.05) is 105 Å². The number of hydrogen-bond acceptors (Lipinski definition) is 39. The molecule has 5 aromatic rings. The Morgan fingerprint density at radius 2 is 1.01 bits per heavy atom. The summed E-state index contributed by atoms with van der Waals surface area (Å²) >= 11 is 27.3. The van der Waals surface area contributed by atoms with E-state index in [9.17, 15) is 62.1 Å². The summed E-state index contributed by atoms with van der Waals surface area (Å²) in [6.45, 7) is 28.3. The highest BCUT2D eigenvalue weighted by Crippen LogP contribution is 2.48. The van der Waals surface area contributed by atoms with Gasteiger partial charge in [-0.25, -0.2) is 33.8 Å². The van der Waals surface area contributed by atoms with Crippen LogP contribution in [0.4, 0.5) is 4.79 Å². The lowest BCUT2D eigenvalue weighted by atomic mass is 10.0. The minimum Gasteiger partial charge on any atom is -0.481 e. The van der Waals surface area contributed by atoms with Gasteiger partial charge in [-0.3, -0.25) is 61.9 Å². The number of esters is 5. The van der Waals surface area contributed by atoms with Crippen molar-refractivity contribution in [3.63, 3.8) is 0 Å². The number of imidazole rings is 2. The number of nitrogens with zero attached hydrogens (tertiary/aromatic N) is 20. The van der Waals surface area contributed by atoms with Crippen LogP contribution in [0.3, 0.4) is 0 Å². The first-order chi connectivity index (χ1) is 66.8. The number of nitriles is 1. The van der Waals surface area contributed by atoms with E-state index in [4.69, 9.17) is 110 Å². The van der Waals surface area contributed by atoms with Crippen molar-refractivity contribution in [3.05, 3.63) is 93.0 Å². The minimum absolute atomic E-state index is 0. The predicted octanol–water partition coefficient (Wildman–Crippen LogP) is 14.7. The third-order valence-electron chi connectivity index (χ3n) is 17.5. The number of alkyl halides is 1. The van der Waals surface area contributed by atoms with Crippen LogP contribution in [0, 0.1) is 47.3 Å². The summed E-state index contributed by atoms with van der Waals surface area (Å²) in [6, 6.07) is 1.98. The Bertz CT molecular complexity index is 4960. The van der Waals surface area contributed by atoms with Crippen LogP contribution in [-0.2, 0) is 106 Å². The third-order valence-corrected chi connectivity index (χ3v) is 24.3. The van der Waals surface area contributed by atoms with Gasteiger partial charge in [0.25, 0.3) is 0 Å². The average Bonchev–Trinajstić information content (AvgIpc) is 1.56. The Morgan fingerprint density at radius 3 is 1.32 bits per heavy atom. The van der Waals surface area contributed by atoms with Gasteiger partial charge in [0.05, 0.1) is 81.2 Å². The number of thioether (sulfide) groups is 6. The molecule has 3 aliphatic rings. The molecule has 8 rings (SSSR count). The molecule has 7 N–H and O–H groups in total. The number of primary amides is 2. The number of carboxylic acid groups (broad SMARTS) is 1. The maximum Gasteiger partial charge on any atom is 0.446 e. The molecule has 6 atom stereocenters. The van der Waals surface area contributed by atoms with Gasteiger partial charge >= 0.3 is 54.9 Å². The topological polar surface area (TPSA) is 642 Å². The molecule has 810 valence electrons.